The Balaban J connectivity index is 0.838. The summed E-state index contributed by atoms with van der Waals surface area (Å²) < 4.78 is 13.0. The molecule has 8 aliphatic rings. The Bertz CT molecular complexity index is 3800. The van der Waals surface area contributed by atoms with Gasteiger partial charge in [0.05, 0.1) is 29.0 Å². The van der Waals surface area contributed by atoms with Crippen molar-refractivity contribution in [1.82, 2.24) is 19.9 Å². The van der Waals surface area contributed by atoms with E-state index in [1.165, 1.54) is 140 Å². The number of rotatable bonds is 27. The van der Waals surface area contributed by atoms with Gasteiger partial charge in [-0.05, 0) is 173 Å². The van der Waals surface area contributed by atoms with Crippen molar-refractivity contribution in [2.24, 2.45) is 65.3 Å². The highest BCUT2D eigenvalue weighted by molar-refractivity contribution is 6.53. The minimum atomic E-state index is -0.333. The monoisotopic (exact) mass is 1230 g/mol. The zero-order valence-corrected chi connectivity index (χ0v) is 57.5. The summed E-state index contributed by atoms with van der Waals surface area (Å²) in [5, 5.41) is 0. The van der Waals surface area contributed by atoms with Gasteiger partial charge in [-0.15, -0.1) is 0 Å². The predicted octanol–water partition coefficient (Wildman–Crippen LogP) is 20.8. The molecule has 0 N–H and O–H groups in total. The maximum Gasteiger partial charge on any atom is 0.202 e. The summed E-state index contributed by atoms with van der Waals surface area (Å²) in [6.07, 6.45) is 36.2. The molecule has 6 aliphatic carbocycles. The summed E-state index contributed by atoms with van der Waals surface area (Å²) in [5.41, 5.74) is 17.0. The summed E-state index contributed by atoms with van der Waals surface area (Å²) in [4.78, 5) is 43.4. The number of hydrogen-bond donors (Lipinski definition) is 0. The number of aliphatic imine (C=N–C) groups is 4. The summed E-state index contributed by atoms with van der Waals surface area (Å²) in [7, 11) is 1.79. The van der Waals surface area contributed by atoms with E-state index in [4.69, 9.17) is 49.4 Å². The Labute approximate surface area is 550 Å². The number of hydrogen-bond acceptors (Lipinski definition) is 10. The topological polar surface area (TPSA) is 119 Å². The predicted molar refractivity (Wildman–Crippen MR) is 377 cm³/mol. The maximum absolute atomic E-state index is 6.89. The summed E-state index contributed by atoms with van der Waals surface area (Å²) in [6.45, 7) is 24.0. The van der Waals surface area contributed by atoms with Crippen LogP contribution in [0, 0.1) is 52.3 Å². The van der Waals surface area contributed by atoms with Crippen LogP contribution in [-0.2, 0) is 15.6 Å². The molecule has 0 saturated heterocycles. The SMILES string of the molecule is CCCCCCCCCC(OC)Oc1cnc2c(c1)C1(c3cc(C4=NC5=NC(c6cnc7c(c6)C6(c8cc(-c9ccc(-c%10ccc(C)cc%10)cc9)cnc8-7)C7(C(CC)CC)CCC6(C(CC)CC)CC7)=NC5=N4)cnc3-2)C2(C(CC)CC)CCC1(C(CC)CC)CC2. The van der Waals surface area contributed by atoms with Crippen LogP contribution in [0.2, 0.25) is 0 Å². The first-order valence-electron chi connectivity index (χ1n) is 36.7. The van der Waals surface area contributed by atoms with Crippen molar-refractivity contribution in [3.63, 3.8) is 0 Å². The van der Waals surface area contributed by atoms with Gasteiger partial charge in [-0.1, -0.05) is 206 Å². The Hall–Kier alpha value is -6.52. The minimum absolute atomic E-state index is 0.0251. The van der Waals surface area contributed by atoms with Crippen LogP contribution in [0.5, 0.6) is 5.75 Å². The van der Waals surface area contributed by atoms with Crippen LogP contribution < -0.4 is 4.74 Å². The molecule has 2 spiro atoms. The summed E-state index contributed by atoms with van der Waals surface area (Å²) >= 11 is 0. The number of nitrogens with zero attached hydrogens (tertiary/aromatic N) is 8. The number of amidine groups is 4. The molecule has 1 unspecified atom stereocenters. The van der Waals surface area contributed by atoms with Gasteiger partial charge in [0.2, 0.25) is 11.7 Å². The summed E-state index contributed by atoms with van der Waals surface area (Å²) in [5.74, 6) is 5.33. The molecule has 6 aromatic rings. The Morgan fingerprint density at radius 3 is 1.09 bits per heavy atom. The molecule has 4 saturated carbocycles. The second kappa shape index (κ2) is 24.7. The summed E-state index contributed by atoms with van der Waals surface area (Å²) in [6, 6.07) is 27.9. The lowest BCUT2D eigenvalue weighted by Gasteiger charge is -2.53. The number of unbranched alkanes of at least 4 members (excludes halogenated alkanes) is 6. The average molecular weight is 1230 g/mol. The Kier molecular flexibility index (Phi) is 16.9. The van der Waals surface area contributed by atoms with Crippen molar-refractivity contribution < 1.29 is 9.47 Å². The van der Waals surface area contributed by atoms with E-state index in [1.54, 1.807) is 7.11 Å². The van der Waals surface area contributed by atoms with Gasteiger partial charge in [-0.25, -0.2) is 20.0 Å². The van der Waals surface area contributed by atoms with E-state index >= 15 is 0 Å². The third-order valence-corrected chi connectivity index (χ3v) is 26.5. The average Bonchev–Trinajstić information content (AvgIpc) is 1.48. The van der Waals surface area contributed by atoms with Crippen molar-refractivity contribution in [2.45, 2.75) is 240 Å². The largest absolute Gasteiger partial charge is 0.463 e. The van der Waals surface area contributed by atoms with Crippen molar-refractivity contribution in [3.05, 3.63) is 137 Å². The van der Waals surface area contributed by atoms with Crippen LogP contribution in [0.3, 0.4) is 0 Å². The standard InChI is InChI=1S/C82H102N8O2/c1-12-21-22-23-24-25-26-27-68(91-11)92-63-47-67-72(86-51-63)71-66(82(67)79(61(17-6)18-7)40-42-80(82,43-41-79)62(19-8)20-9)46-58(50-85-71)74-89-75-76(90-74)88-73(87-75)57-45-65-70(84-49-57)69-64(44-56(48-83-69)55-34-32-54(33-35-55)53-30-28-52(10)29-31-53)81(65)77(59(13-2)14-3)36-38-78(81,39-37-77)60(15-4)16-5/h28-35,44-51,59-62,68H,12-27,36-43H2,1-11H3. The van der Waals surface area contributed by atoms with Crippen molar-refractivity contribution in [3.8, 4) is 50.8 Å². The van der Waals surface area contributed by atoms with E-state index in [0.717, 1.165) is 104 Å². The van der Waals surface area contributed by atoms with E-state index < -0.39 is 0 Å². The number of benzene rings is 2. The van der Waals surface area contributed by atoms with Gasteiger partial charge >= 0.3 is 0 Å². The molecule has 2 aromatic carbocycles. The van der Waals surface area contributed by atoms with Crippen LogP contribution in [0.4, 0.5) is 0 Å². The molecule has 4 bridgehead atoms. The van der Waals surface area contributed by atoms with Crippen molar-refractivity contribution in [1.29, 1.82) is 0 Å². The second-order valence-corrected chi connectivity index (χ2v) is 29.5. The molecule has 1 atom stereocenters. The molecule has 4 fully saturated rings. The number of aryl methyl sites for hydroxylation is 1. The number of aromatic nitrogens is 4. The van der Waals surface area contributed by atoms with Gasteiger partial charge in [-0.3, -0.25) is 19.9 Å². The van der Waals surface area contributed by atoms with Gasteiger partial charge in [0.1, 0.15) is 5.75 Å². The molecule has 92 heavy (non-hydrogen) atoms. The maximum atomic E-state index is 6.89. The van der Waals surface area contributed by atoms with E-state index in [-0.39, 0.29) is 38.8 Å². The van der Waals surface area contributed by atoms with E-state index in [9.17, 15) is 0 Å². The van der Waals surface area contributed by atoms with E-state index in [1.807, 2.05) is 18.6 Å². The van der Waals surface area contributed by atoms with Crippen LogP contribution in [-0.4, -0.2) is 56.7 Å². The fourth-order valence-electron chi connectivity index (χ4n) is 22.8. The minimum Gasteiger partial charge on any atom is -0.463 e. The lowest BCUT2D eigenvalue weighted by molar-refractivity contribution is -0.0597. The zero-order chi connectivity index (χ0) is 63.8. The third kappa shape index (κ3) is 8.91. The zero-order valence-electron chi connectivity index (χ0n) is 57.5. The molecular formula is C82H102N8O2. The van der Waals surface area contributed by atoms with E-state index in [0.29, 0.717) is 47.0 Å². The van der Waals surface area contributed by atoms with Gasteiger partial charge in [0.15, 0.2) is 18.0 Å². The molecule has 4 aromatic heterocycles. The molecule has 10 heteroatoms. The lowest BCUT2D eigenvalue weighted by Crippen LogP contribution is -2.51. The normalized spacial score (nSPS) is 26.2. The number of fused-ring (bicyclic) bond motifs is 7. The quantitative estimate of drug-likeness (QED) is 0.0374. The van der Waals surface area contributed by atoms with Crippen LogP contribution in [0.15, 0.2) is 118 Å². The number of pyridine rings is 4. The van der Waals surface area contributed by atoms with E-state index in [2.05, 4.69) is 148 Å². The molecule has 0 radical (unpaired) electrons. The Morgan fingerprint density at radius 1 is 0.370 bits per heavy atom. The van der Waals surface area contributed by atoms with Crippen LogP contribution >= 0.6 is 0 Å². The van der Waals surface area contributed by atoms with Crippen molar-refractivity contribution >= 4 is 23.3 Å². The molecular weight excluding hydrogens is 1130 g/mol. The fourth-order valence-corrected chi connectivity index (χ4v) is 22.8. The first kappa shape index (κ1) is 62.9. The first-order chi connectivity index (χ1) is 44.9. The molecule has 0 amide bonds. The highest BCUT2D eigenvalue weighted by Gasteiger charge is 2.79. The molecule has 482 valence electrons. The smallest absolute Gasteiger partial charge is 0.202 e. The molecule has 6 heterocycles. The van der Waals surface area contributed by atoms with Gasteiger partial charge in [-0.2, -0.15) is 0 Å². The molecule has 14 rings (SSSR count). The van der Waals surface area contributed by atoms with Gasteiger partial charge < -0.3 is 9.47 Å². The molecule has 10 nitrogen and oxygen atoms in total. The highest BCUT2D eigenvalue weighted by Crippen LogP contribution is 2.85. The molecule has 2 aliphatic heterocycles. The second-order valence-electron chi connectivity index (χ2n) is 29.5. The third-order valence-electron chi connectivity index (χ3n) is 26.5. The first-order valence-corrected chi connectivity index (χ1v) is 36.7. The van der Waals surface area contributed by atoms with Crippen molar-refractivity contribution in [2.75, 3.05) is 7.11 Å². The van der Waals surface area contributed by atoms with Crippen LogP contribution in [0.25, 0.3) is 45.0 Å². The fraction of sp³-hybridized carbons (Fsp3) is 0.561. The lowest BCUT2D eigenvalue weighted by atomic mass is 9.49. The Morgan fingerprint density at radius 2 is 0.696 bits per heavy atom. The van der Waals surface area contributed by atoms with Crippen LogP contribution in [0.1, 0.15) is 255 Å². The van der Waals surface area contributed by atoms with Gasteiger partial charge in [0.25, 0.3) is 0 Å². The number of methoxy groups -OCH3 is 1. The van der Waals surface area contributed by atoms with Gasteiger partial charge in [0, 0.05) is 59.6 Å². The number of ether oxygens (including phenoxy) is 2. The highest BCUT2D eigenvalue weighted by atomic mass is 16.7.